The van der Waals surface area contributed by atoms with E-state index in [4.69, 9.17) is 5.11 Å². The summed E-state index contributed by atoms with van der Waals surface area (Å²) in [4.78, 5) is 10.6. The molecular formula is C13H13F2N3O2S. The van der Waals surface area contributed by atoms with Crippen molar-refractivity contribution in [1.29, 1.82) is 0 Å². The molecule has 0 atom stereocenters. The van der Waals surface area contributed by atoms with E-state index in [0.717, 1.165) is 36.4 Å². The molecule has 1 heterocycles. The van der Waals surface area contributed by atoms with E-state index in [1.165, 1.54) is 0 Å². The fraction of sp³-hybridized carbons (Fsp3) is 0.308. The lowest BCUT2D eigenvalue weighted by Crippen LogP contribution is -2.05. The summed E-state index contributed by atoms with van der Waals surface area (Å²) in [7, 11) is 0. The lowest BCUT2D eigenvalue weighted by atomic mass is 10.2. The highest BCUT2D eigenvalue weighted by Crippen LogP contribution is 2.26. The molecule has 2 aromatic rings. The number of nitrogens with zero attached hydrogens (tertiary/aromatic N) is 3. The van der Waals surface area contributed by atoms with Gasteiger partial charge in [-0.2, -0.15) is 0 Å². The van der Waals surface area contributed by atoms with Crippen molar-refractivity contribution < 1.29 is 18.7 Å². The molecule has 0 saturated heterocycles. The van der Waals surface area contributed by atoms with Crippen molar-refractivity contribution >= 4 is 17.7 Å². The molecule has 1 aromatic heterocycles. The molecule has 0 spiro atoms. The Kier molecular flexibility index (Phi) is 4.89. The second kappa shape index (κ2) is 6.66. The lowest BCUT2D eigenvalue weighted by molar-refractivity contribution is -0.133. The number of rotatable bonds is 6. The van der Waals surface area contributed by atoms with E-state index in [2.05, 4.69) is 10.2 Å². The van der Waals surface area contributed by atoms with E-state index >= 15 is 0 Å². The van der Waals surface area contributed by atoms with Crippen LogP contribution in [0.3, 0.4) is 0 Å². The number of carboxylic acid groups (broad SMARTS) is 1. The zero-order chi connectivity index (χ0) is 15.4. The number of halogens is 2. The third-order valence-electron chi connectivity index (χ3n) is 2.66. The van der Waals surface area contributed by atoms with Crippen LogP contribution >= 0.6 is 11.8 Å². The van der Waals surface area contributed by atoms with Crippen LogP contribution < -0.4 is 0 Å². The molecule has 0 fully saturated rings. The van der Waals surface area contributed by atoms with Crippen molar-refractivity contribution in [3.05, 3.63) is 29.8 Å². The van der Waals surface area contributed by atoms with Crippen LogP contribution in [0.5, 0.6) is 0 Å². The van der Waals surface area contributed by atoms with Crippen molar-refractivity contribution in [1.82, 2.24) is 14.8 Å². The molecule has 21 heavy (non-hydrogen) atoms. The number of thioether (sulfide) groups is 1. The van der Waals surface area contributed by atoms with E-state index in [0.29, 0.717) is 11.7 Å². The molecule has 0 aliphatic heterocycles. The maximum Gasteiger partial charge on any atom is 0.313 e. The quantitative estimate of drug-likeness (QED) is 0.831. The number of hydrogen-bond donors (Lipinski definition) is 1. The monoisotopic (exact) mass is 313 g/mol. The van der Waals surface area contributed by atoms with E-state index in [1.807, 2.05) is 6.92 Å². The van der Waals surface area contributed by atoms with Crippen LogP contribution in [0.15, 0.2) is 23.4 Å². The maximum absolute atomic E-state index is 13.9. The van der Waals surface area contributed by atoms with Crippen LogP contribution in [-0.2, 0) is 11.3 Å². The largest absolute Gasteiger partial charge is 0.481 e. The Morgan fingerprint density at radius 3 is 2.81 bits per heavy atom. The van der Waals surface area contributed by atoms with Gasteiger partial charge in [-0.3, -0.25) is 4.79 Å². The predicted molar refractivity (Wildman–Crippen MR) is 74.0 cm³/mol. The highest BCUT2D eigenvalue weighted by molar-refractivity contribution is 7.99. The van der Waals surface area contributed by atoms with Crippen LogP contribution in [0.1, 0.15) is 13.3 Å². The van der Waals surface area contributed by atoms with Gasteiger partial charge in [0, 0.05) is 6.54 Å². The summed E-state index contributed by atoms with van der Waals surface area (Å²) in [6.07, 6.45) is 0.725. The van der Waals surface area contributed by atoms with Crippen LogP contribution in [-0.4, -0.2) is 31.6 Å². The van der Waals surface area contributed by atoms with Crippen LogP contribution in [0, 0.1) is 11.6 Å². The number of hydrogen-bond acceptors (Lipinski definition) is 4. The number of carboxylic acids is 1. The van der Waals surface area contributed by atoms with Crippen molar-refractivity contribution in [2.75, 3.05) is 5.75 Å². The molecule has 0 radical (unpaired) electrons. The first-order valence-electron chi connectivity index (χ1n) is 6.26. The Labute approximate surface area is 124 Å². The second-order valence-corrected chi connectivity index (χ2v) is 5.21. The Morgan fingerprint density at radius 2 is 2.14 bits per heavy atom. The molecule has 2 rings (SSSR count). The van der Waals surface area contributed by atoms with E-state index in [9.17, 15) is 13.6 Å². The van der Waals surface area contributed by atoms with E-state index in [1.54, 1.807) is 4.57 Å². The SMILES string of the molecule is CCCn1c(SCC(=O)O)nnc1-c1cc(F)ccc1F. The molecule has 1 aromatic carbocycles. The number of aromatic nitrogens is 3. The topological polar surface area (TPSA) is 68.0 Å². The van der Waals surface area contributed by atoms with Crippen molar-refractivity contribution in [3.8, 4) is 11.4 Å². The number of benzene rings is 1. The first-order valence-corrected chi connectivity index (χ1v) is 7.24. The van der Waals surface area contributed by atoms with Gasteiger partial charge in [0.25, 0.3) is 0 Å². The molecular weight excluding hydrogens is 300 g/mol. The van der Waals surface area contributed by atoms with E-state index < -0.39 is 17.6 Å². The first-order chi connectivity index (χ1) is 10.0. The van der Waals surface area contributed by atoms with Crippen LogP contribution in [0.2, 0.25) is 0 Å². The molecule has 0 bridgehead atoms. The van der Waals surface area contributed by atoms with Gasteiger partial charge < -0.3 is 9.67 Å². The molecule has 0 aliphatic carbocycles. The summed E-state index contributed by atoms with van der Waals surface area (Å²) in [6.45, 7) is 2.40. The van der Waals surface area contributed by atoms with Crippen LogP contribution in [0.25, 0.3) is 11.4 Å². The predicted octanol–water partition coefficient (Wildman–Crippen LogP) is 2.81. The highest BCUT2D eigenvalue weighted by Gasteiger charge is 2.18. The summed E-state index contributed by atoms with van der Waals surface area (Å²) >= 11 is 0.994. The van der Waals surface area contributed by atoms with Gasteiger partial charge in [0.2, 0.25) is 0 Å². The minimum Gasteiger partial charge on any atom is -0.481 e. The second-order valence-electron chi connectivity index (χ2n) is 4.26. The fourth-order valence-electron chi connectivity index (χ4n) is 1.82. The van der Waals surface area contributed by atoms with Crippen molar-refractivity contribution in [3.63, 3.8) is 0 Å². The van der Waals surface area contributed by atoms with Gasteiger partial charge >= 0.3 is 5.97 Å². The molecule has 0 unspecified atom stereocenters. The summed E-state index contributed by atoms with van der Waals surface area (Å²) in [5, 5.41) is 16.8. The van der Waals surface area contributed by atoms with Gasteiger partial charge in [0.05, 0.1) is 11.3 Å². The average Bonchev–Trinajstić information content (AvgIpc) is 2.82. The molecule has 8 heteroatoms. The Hall–Kier alpha value is -1.96. The Morgan fingerprint density at radius 1 is 1.38 bits per heavy atom. The molecule has 0 saturated carbocycles. The molecule has 0 aliphatic rings. The third kappa shape index (κ3) is 3.57. The normalized spacial score (nSPS) is 10.8. The first kappa shape index (κ1) is 15.4. The summed E-state index contributed by atoms with van der Waals surface area (Å²) in [5.41, 5.74) is 0.0122. The summed E-state index contributed by atoms with van der Waals surface area (Å²) in [5.74, 6) is -2.13. The average molecular weight is 313 g/mol. The zero-order valence-electron chi connectivity index (χ0n) is 11.2. The maximum atomic E-state index is 13.9. The minimum absolute atomic E-state index is 0.0122. The molecule has 112 valence electrons. The zero-order valence-corrected chi connectivity index (χ0v) is 12.0. The number of carbonyl (C=O) groups is 1. The van der Waals surface area contributed by atoms with Gasteiger partial charge in [-0.15, -0.1) is 10.2 Å². The molecule has 0 amide bonds. The summed E-state index contributed by atoms with van der Waals surface area (Å²) in [6, 6.07) is 3.11. The van der Waals surface area contributed by atoms with Gasteiger partial charge in [0.1, 0.15) is 11.6 Å². The van der Waals surface area contributed by atoms with Crippen LogP contribution in [0.4, 0.5) is 8.78 Å². The van der Waals surface area contributed by atoms with E-state index in [-0.39, 0.29) is 17.1 Å². The number of aliphatic carboxylic acids is 1. The third-order valence-corrected chi connectivity index (χ3v) is 3.61. The van der Waals surface area contributed by atoms with Gasteiger partial charge in [0.15, 0.2) is 11.0 Å². The highest BCUT2D eigenvalue weighted by atomic mass is 32.2. The van der Waals surface area contributed by atoms with Gasteiger partial charge in [-0.05, 0) is 24.6 Å². The lowest BCUT2D eigenvalue weighted by Gasteiger charge is -2.09. The minimum atomic E-state index is -0.982. The summed E-state index contributed by atoms with van der Waals surface area (Å²) < 4.78 is 28.8. The molecule has 5 nitrogen and oxygen atoms in total. The van der Waals surface area contributed by atoms with Crippen molar-refractivity contribution in [2.24, 2.45) is 0 Å². The Bertz CT molecular complexity index is 661. The van der Waals surface area contributed by atoms with Gasteiger partial charge in [-0.1, -0.05) is 18.7 Å². The smallest absolute Gasteiger partial charge is 0.313 e. The van der Waals surface area contributed by atoms with Crippen molar-refractivity contribution in [2.45, 2.75) is 25.0 Å². The standard InChI is InChI=1S/C13H13F2N3O2S/c1-2-5-18-12(9-6-8(14)3-4-10(9)15)16-17-13(18)21-7-11(19)20/h3-4,6H,2,5,7H2,1H3,(H,19,20). The fourth-order valence-corrected chi connectivity index (χ4v) is 2.50. The van der Waals surface area contributed by atoms with Gasteiger partial charge in [-0.25, -0.2) is 8.78 Å². The molecule has 1 N–H and O–H groups in total. The Balaban J connectivity index is 2.43.